The quantitative estimate of drug-likeness (QED) is 0.908. The van der Waals surface area contributed by atoms with Gasteiger partial charge in [-0.05, 0) is 18.6 Å². The number of cyclic esters (lactones) is 1. The van der Waals surface area contributed by atoms with E-state index in [-0.39, 0.29) is 31.2 Å². The van der Waals surface area contributed by atoms with Crippen LogP contribution in [0.1, 0.15) is 12.8 Å². The van der Waals surface area contributed by atoms with Crippen molar-refractivity contribution in [2.75, 3.05) is 18.1 Å². The van der Waals surface area contributed by atoms with Crippen molar-refractivity contribution >= 4 is 17.7 Å². The van der Waals surface area contributed by atoms with Crippen LogP contribution in [0.4, 0.5) is 14.9 Å². The Balaban J connectivity index is 2.09. The third-order valence-electron chi connectivity index (χ3n) is 3.01. The zero-order chi connectivity index (χ0) is 13.8. The van der Waals surface area contributed by atoms with Crippen molar-refractivity contribution in [2.24, 2.45) is 5.92 Å². The minimum absolute atomic E-state index is 0.00727. The number of ether oxygens (including phenoxy) is 1. The van der Waals surface area contributed by atoms with Gasteiger partial charge in [0.25, 0.3) is 0 Å². The number of carboxylic acid groups (broad SMARTS) is 1. The lowest BCUT2D eigenvalue weighted by atomic mass is 10.0. The van der Waals surface area contributed by atoms with Gasteiger partial charge in [-0.1, -0.05) is 12.1 Å². The summed E-state index contributed by atoms with van der Waals surface area (Å²) in [4.78, 5) is 23.4. The lowest BCUT2D eigenvalue weighted by Gasteiger charge is -2.32. The molecule has 0 aliphatic carbocycles. The fourth-order valence-corrected chi connectivity index (χ4v) is 2.02. The van der Waals surface area contributed by atoms with Crippen LogP contribution in [0.5, 0.6) is 0 Å². The first-order valence-corrected chi connectivity index (χ1v) is 5.98. The van der Waals surface area contributed by atoms with Crippen LogP contribution in [0.25, 0.3) is 0 Å². The zero-order valence-electron chi connectivity index (χ0n) is 10.2. The molecule has 1 fully saturated rings. The van der Waals surface area contributed by atoms with E-state index >= 15 is 0 Å². The van der Waals surface area contributed by atoms with Gasteiger partial charge in [0.05, 0.1) is 12.3 Å². The summed E-state index contributed by atoms with van der Waals surface area (Å²) < 4.78 is 18.6. The van der Waals surface area contributed by atoms with Crippen LogP contribution in [0.3, 0.4) is 0 Å². The molecule has 0 aromatic heterocycles. The number of rotatable bonds is 4. The molecule has 1 saturated heterocycles. The zero-order valence-corrected chi connectivity index (χ0v) is 10.2. The molecule has 6 heteroatoms. The number of nitrogens with zero attached hydrogens (tertiary/aromatic N) is 1. The second kappa shape index (κ2) is 5.69. The number of anilines is 1. The normalized spacial score (nSPS) is 19.1. The number of carbonyl (C=O) groups excluding carboxylic acids is 1. The van der Waals surface area contributed by atoms with Crippen LogP contribution in [-0.4, -0.2) is 30.3 Å². The van der Waals surface area contributed by atoms with Gasteiger partial charge in [0.1, 0.15) is 5.82 Å². The number of aliphatic carboxylic acids is 1. The Hall–Kier alpha value is -2.11. The summed E-state index contributed by atoms with van der Waals surface area (Å²) in [5.41, 5.74) is 0.160. The predicted octanol–water partition coefficient (Wildman–Crippen LogP) is 2.26. The van der Waals surface area contributed by atoms with Gasteiger partial charge >= 0.3 is 12.1 Å². The predicted molar refractivity (Wildman–Crippen MR) is 65.5 cm³/mol. The first-order chi connectivity index (χ1) is 9.08. The standard InChI is InChI=1S/C13H14FNO4/c14-10-3-1-2-4-11(10)15-7-9(5-6-12(16)17)8-19-13(15)18/h1-4,9H,5-8H2,(H,16,17). The number of hydrogen-bond donors (Lipinski definition) is 1. The molecule has 0 spiro atoms. The molecule has 2 rings (SSSR count). The van der Waals surface area contributed by atoms with Crippen LogP contribution < -0.4 is 4.90 Å². The molecule has 0 radical (unpaired) electrons. The summed E-state index contributed by atoms with van der Waals surface area (Å²) >= 11 is 0. The van der Waals surface area contributed by atoms with E-state index in [1.54, 1.807) is 6.07 Å². The Labute approximate surface area is 109 Å². The Morgan fingerprint density at radius 2 is 2.21 bits per heavy atom. The molecule has 0 bridgehead atoms. The highest BCUT2D eigenvalue weighted by atomic mass is 19.1. The smallest absolute Gasteiger partial charge is 0.414 e. The molecule has 1 heterocycles. The molecule has 1 aliphatic rings. The van der Waals surface area contributed by atoms with Crippen molar-refractivity contribution in [3.8, 4) is 0 Å². The molecule has 1 atom stereocenters. The Kier molecular flexibility index (Phi) is 3.99. The van der Waals surface area contributed by atoms with E-state index in [9.17, 15) is 14.0 Å². The van der Waals surface area contributed by atoms with Crippen molar-refractivity contribution in [3.63, 3.8) is 0 Å². The lowest BCUT2D eigenvalue weighted by Crippen LogP contribution is -2.43. The van der Waals surface area contributed by atoms with Gasteiger partial charge < -0.3 is 9.84 Å². The molecule has 1 N–H and O–H groups in total. The number of carbonyl (C=O) groups is 2. The van der Waals surface area contributed by atoms with Gasteiger partial charge in [0.2, 0.25) is 0 Å². The average Bonchev–Trinajstić information content (AvgIpc) is 2.38. The SMILES string of the molecule is O=C(O)CCC1COC(=O)N(c2ccccc2F)C1. The monoisotopic (exact) mass is 267 g/mol. The van der Waals surface area contributed by atoms with E-state index in [1.807, 2.05) is 0 Å². The summed E-state index contributed by atoms with van der Waals surface area (Å²) in [6.07, 6.45) is -0.197. The van der Waals surface area contributed by atoms with Gasteiger partial charge in [-0.2, -0.15) is 0 Å². The molecule has 1 aromatic rings. The van der Waals surface area contributed by atoms with E-state index in [4.69, 9.17) is 9.84 Å². The summed E-state index contributed by atoms with van der Waals surface area (Å²) in [5.74, 6) is -1.50. The maximum absolute atomic E-state index is 13.6. The van der Waals surface area contributed by atoms with Gasteiger partial charge in [-0.25, -0.2) is 9.18 Å². The number of amides is 1. The topological polar surface area (TPSA) is 66.8 Å². The average molecular weight is 267 g/mol. The number of halogens is 1. The fourth-order valence-electron chi connectivity index (χ4n) is 2.02. The van der Waals surface area contributed by atoms with E-state index < -0.39 is 17.9 Å². The Morgan fingerprint density at radius 1 is 1.47 bits per heavy atom. The molecule has 5 nitrogen and oxygen atoms in total. The lowest BCUT2D eigenvalue weighted by molar-refractivity contribution is -0.137. The van der Waals surface area contributed by atoms with Gasteiger partial charge in [0, 0.05) is 18.9 Å². The minimum atomic E-state index is -0.894. The number of hydrogen-bond acceptors (Lipinski definition) is 3. The molecule has 1 unspecified atom stereocenters. The maximum atomic E-state index is 13.6. The minimum Gasteiger partial charge on any atom is -0.481 e. The van der Waals surface area contributed by atoms with Crippen molar-refractivity contribution < 1.29 is 23.8 Å². The second-order valence-corrected chi connectivity index (χ2v) is 4.44. The summed E-state index contributed by atoms with van der Waals surface area (Å²) in [5, 5.41) is 8.64. The van der Waals surface area contributed by atoms with E-state index in [0.29, 0.717) is 6.42 Å². The third-order valence-corrected chi connectivity index (χ3v) is 3.01. The molecule has 19 heavy (non-hydrogen) atoms. The number of benzene rings is 1. The van der Waals surface area contributed by atoms with Crippen LogP contribution in [0.2, 0.25) is 0 Å². The molecule has 1 aromatic carbocycles. The molecule has 0 saturated carbocycles. The first kappa shape index (κ1) is 13.3. The van der Waals surface area contributed by atoms with E-state index in [0.717, 1.165) is 0 Å². The van der Waals surface area contributed by atoms with Crippen molar-refractivity contribution in [1.82, 2.24) is 0 Å². The molecular formula is C13H14FNO4. The van der Waals surface area contributed by atoms with Crippen LogP contribution >= 0.6 is 0 Å². The van der Waals surface area contributed by atoms with Crippen LogP contribution in [-0.2, 0) is 9.53 Å². The third kappa shape index (κ3) is 3.21. The van der Waals surface area contributed by atoms with Gasteiger partial charge in [-0.15, -0.1) is 0 Å². The largest absolute Gasteiger partial charge is 0.481 e. The Morgan fingerprint density at radius 3 is 2.89 bits per heavy atom. The maximum Gasteiger partial charge on any atom is 0.414 e. The van der Waals surface area contributed by atoms with E-state index in [2.05, 4.69) is 0 Å². The van der Waals surface area contributed by atoms with Crippen LogP contribution in [0, 0.1) is 11.7 Å². The van der Waals surface area contributed by atoms with Crippen molar-refractivity contribution in [3.05, 3.63) is 30.1 Å². The van der Waals surface area contributed by atoms with Gasteiger partial charge in [-0.3, -0.25) is 9.69 Å². The number of carboxylic acids is 1. The summed E-state index contributed by atoms with van der Waals surface area (Å²) in [7, 11) is 0. The molecular weight excluding hydrogens is 253 g/mol. The van der Waals surface area contributed by atoms with Gasteiger partial charge in [0.15, 0.2) is 0 Å². The van der Waals surface area contributed by atoms with Crippen molar-refractivity contribution in [1.29, 1.82) is 0 Å². The Bertz CT molecular complexity index is 491. The highest BCUT2D eigenvalue weighted by Crippen LogP contribution is 2.25. The number of para-hydroxylation sites is 1. The molecule has 102 valence electrons. The molecule has 1 amide bonds. The molecule has 1 aliphatic heterocycles. The summed E-state index contributed by atoms with van der Waals surface area (Å²) in [6, 6.07) is 5.93. The van der Waals surface area contributed by atoms with Crippen molar-refractivity contribution in [2.45, 2.75) is 12.8 Å². The van der Waals surface area contributed by atoms with E-state index in [1.165, 1.54) is 23.1 Å². The highest BCUT2D eigenvalue weighted by molar-refractivity contribution is 5.88. The fraction of sp³-hybridized carbons (Fsp3) is 0.385. The summed E-state index contributed by atoms with van der Waals surface area (Å²) in [6.45, 7) is 0.449. The second-order valence-electron chi connectivity index (χ2n) is 4.44. The highest BCUT2D eigenvalue weighted by Gasteiger charge is 2.29. The first-order valence-electron chi connectivity index (χ1n) is 5.98. The van der Waals surface area contributed by atoms with Crippen LogP contribution in [0.15, 0.2) is 24.3 Å².